The number of rotatable bonds is 5. The van der Waals surface area contributed by atoms with Crippen molar-refractivity contribution < 1.29 is 4.74 Å². The van der Waals surface area contributed by atoms with E-state index in [9.17, 15) is 0 Å². The molecule has 4 heteroatoms. The molecule has 0 radical (unpaired) electrons. The predicted octanol–water partition coefficient (Wildman–Crippen LogP) is 1.24. The number of ether oxygens (including phenoxy) is 1. The van der Waals surface area contributed by atoms with Crippen LogP contribution in [-0.2, 0) is 11.2 Å². The van der Waals surface area contributed by atoms with Crippen LogP contribution in [0.25, 0.3) is 0 Å². The average Bonchev–Trinajstić information content (AvgIpc) is 2.64. The van der Waals surface area contributed by atoms with Crippen LogP contribution in [0, 0.1) is 0 Å². The number of nitrogens with two attached hydrogens (primary N) is 1. The molecule has 1 aliphatic rings. The van der Waals surface area contributed by atoms with Crippen LogP contribution in [0.3, 0.4) is 0 Å². The molecule has 2 rings (SSSR count). The Morgan fingerprint density at radius 1 is 1.67 bits per heavy atom. The minimum atomic E-state index is 0.0615. The van der Waals surface area contributed by atoms with Gasteiger partial charge in [-0.25, -0.2) is 4.98 Å². The van der Waals surface area contributed by atoms with Crippen molar-refractivity contribution in [3.8, 4) is 0 Å². The van der Waals surface area contributed by atoms with Crippen molar-refractivity contribution in [2.75, 3.05) is 7.11 Å². The highest BCUT2D eigenvalue weighted by Gasteiger charge is 2.38. The topological polar surface area (TPSA) is 63.9 Å². The fraction of sp³-hybridized carbons (Fsp3) is 0.727. The molecule has 0 aliphatic heterocycles. The van der Waals surface area contributed by atoms with E-state index in [0.717, 1.165) is 31.5 Å². The number of hydrogen-bond acceptors (Lipinski definition) is 3. The van der Waals surface area contributed by atoms with Crippen LogP contribution in [0.1, 0.15) is 31.5 Å². The van der Waals surface area contributed by atoms with Crippen molar-refractivity contribution in [3.63, 3.8) is 0 Å². The summed E-state index contributed by atoms with van der Waals surface area (Å²) in [4.78, 5) is 7.26. The Labute approximate surface area is 90.2 Å². The minimum absolute atomic E-state index is 0.0615. The van der Waals surface area contributed by atoms with Gasteiger partial charge in [0, 0.05) is 32.0 Å². The Kier molecular flexibility index (Phi) is 3.07. The standard InChI is InChI=1S/C11H19N3O/c1-15-11(3-2-4-11)8-9(12)7-10-13-5-6-14-10/h5-6,9H,2-4,7-8,12H2,1H3,(H,13,14). The highest BCUT2D eigenvalue weighted by molar-refractivity contribution is 4.96. The maximum absolute atomic E-state index is 6.10. The van der Waals surface area contributed by atoms with Crippen molar-refractivity contribution in [2.24, 2.45) is 5.73 Å². The first-order valence-electron chi connectivity index (χ1n) is 5.53. The van der Waals surface area contributed by atoms with Crippen LogP contribution >= 0.6 is 0 Å². The molecule has 1 saturated carbocycles. The van der Waals surface area contributed by atoms with E-state index in [-0.39, 0.29) is 11.6 Å². The summed E-state index contributed by atoms with van der Waals surface area (Å²) in [6.45, 7) is 0. The largest absolute Gasteiger partial charge is 0.378 e. The normalized spacial score (nSPS) is 20.9. The highest BCUT2D eigenvalue weighted by Crippen LogP contribution is 2.38. The van der Waals surface area contributed by atoms with Gasteiger partial charge in [-0.1, -0.05) is 0 Å². The third kappa shape index (κ3) is 2.38. The Morgan fingerprint density at radius 2 is 2.47 bits per heavy atom. The molecule has 1 aliphatic carbocycles. The summed E-state index contributed by atoms with van der Waals surface area (Å²) in [5.41, 5.74) is 6.16. The zero-order valence-electron chi connectivity index (χ0n) is 9.20. The Bertz CT molecular complexity index is 287. The number of imidazole rings is 1. The van der Waals surface area contributed by atoms with Crippen LogP contribution in [-0.4, -0.2) is 28.7 Å². The number of nitrogens with zero attached hydrogens (tertiary/aromatic N) is 1. The van der Waals surface area contributed by atoms with E-state index >= 15 is 0 Å². The van der Waals surface area contributed by atoms with E-state index in [0.29, 0.717) is 0 Å². The van der Waals surface area contributed by atoms with Crippen molar-refractivity contribution in [3.05, 3.63) is 18.2 Å². The summed E-state index contributed by atoms with van der Waals surface area (Å²) in [6, 6.07) is 0.136. The Hall–Kier alpha value is -0.870. The van der Waals surface area contributed by atoms with Crippen molar-refractivity contribution >= 4 is 0 Å². The van der Waals surface area contributed by atoms with E-state index < -0.39 is 0 Å². The second-order valence-corrected chi connectivity index (χ2v) is 4.44. The lowest BCUT2D eigenvalue weighted by Crippen LogP contribution is -2.45. The van der Waals surface area contributed by atoms with Crippen LogP contribution in [0.4, 0.5) is 0 Å². The number of H-pyrrole nitrogens is 1. The number of nitrogens with one attached hydrogen (secondary N) is 1. The van der Waals surface area contributed by atoms with Crippen molar-refractivity contribution in [2.45, 2.75) is 43.7 Å². The molecule has 1 atom stereocenters. The van der Waals surface area contributed by atoms with Gasteiger partial charge < -0.3 is 15.5 Å². The first-order valence-corrected chi connectivity index (χ1v) is 5.53. The summed E-state index contributed by atoms with van der Waals surface area (Å²) in [7, 11) is 1.79. The quantitative estimate of drug-likeness (QED) is 0.766. The van der Waals surface area contributed by atoms with Gasteiger partial charge in [0.25, 0.3) is 0 Å². The molecular weight excluding hydrogens is 190 g/mol. The van der Waals surface area contributed by atoms with Gasteiger partial charge in [0.1, 0.15) is 5.82 Å². The summed E-state index contributed by atoms with van der Waals surface area (Å²) in [6.07, 6.45) is 8.89. The lowest BCUT2D eigenvalue weighted by atomic mass is 9.75. The third-order valence-corrected chi connectivity index (χ3v) is 3.34. The summed E-state index contributed by atoms with van der Waals surface area (Å²) in [5, 5.41) is 0. The monoisotopic (exact) mass is 209 g/mol. The molecule has 1 aromatic rings. The van der Waals surface area contributed by atoms with Gasteiger partial charge in [-0.2, -0.15) is 0 Å². The van der Waals surface area contributed by atoms with Gasteiger partial charge in [-0.3, -0.25) is 0 Å². The van der Waals surface area contributed by atoms with Crippen molar-refractivity contribution in [1.82, 2.24) is 9.97 Å². The molecule has 1 unspecified atom stereocenters. The fourth-order valence-corrected chi connectivity index (χ4v) is 2.27. The highest BCUT2D eigenvalue weighted by atomic mass is 16.5. The van der Waals surface area contributed by atoms with Gasteiger partial charge in [-0.05, 0) is 25.7 Å². The Morgan fingerprint density at radius 3 is 2.93 bits per heavy atom. The second-order valence-electron chi connectivity index (χ2n) is 4.44. The zero-order valence-corrected chi connectivity index (χ0v) is 9.20. The summed E-state index contributed by atoms with van der Waals surface area (Å²) >= 11 is 0. The summed E-state index contributed by atoms with van der Waals surface area (Å²) < 4.78 is 5.55. The van der Waals surface area contributed by atoms with Crippen molar-refractivity contribution in [1.29, 1.82) is 0 Å². The molecule has 1 aromatic heterocycles. The van der Waals surface area contributed by atoms with Gasteiger partial charge in [-0.15, -0.1) is 0 Å². The predicted molar refractivity (Wildman–Crippen MR) is 58.5 cm³/mol. The molecule has 0 aromatic carbocycles. The van der Waals surface area contributed by atoms with Crippen LogP contribution in [0.2, 0.25) is 0 Å². The van der Waals surface area contributed by atoms with Gasteiger partial charge in [0.2, 0.25) is 0 Å². The van der Waals surface area contributed by atoms with Gasteiger partial charge in [0.05, 0.1) is 5.60 Å². The molecule has 15 heavy (non-hydrogen) atoms. The van der Waals surface area contributed by atoms with Crippen LogP contribution in [0.5, 0.6) is 0 Å². The second kappa shape index (κ2) is 4.33. The van der Waals surface area contributed by atoms with E-state index in [1.54, 1.807) is 13.3 Å². The van der Waals surface area contributed by atoms with Crippen LogP contribution in [0.15, 0.2) is 12.4 Å². The number of aromatic amines is 1. The maximum Gasteiger partial charge on any atom is 0.107 e. The molecule has 0 bridgehead atoms. The molecule has 0 amide bonds. The van der Waals surface area contributed by atoms with E-state index in [1.165, 1.54) is 6.42 Å². The molecule has 1 fully saturated rings. The average molecular weight is 209 g/mol. The third-order valence-electron chi connectivity index (χ3n) is 3.34. The summed E-state index contributed by atoms with van der Waals surface area (Å²) in [5.74, 6) is 0.966. The van der Waals surface area contributed by atoms with Gasteiger partial charge in [0.15, 0.2) is 0 Å². The molecule has 0 spiro atoms. The first-order chi connectivity index (χ1) is 7.24. The van der Waals surface area contributed by atoms with Crippen LogP contribution < -0.4 is 5.73 Å². The lowest BCUT2D eigenvalue weighted by Gasteiger charge is -2.42. The maximum atomic E-state index is 6.10. The van der Waals surface area contributed by atoms with E-state index in [1.807, 2.05) is 6.20 Å². The first kappa shape index (κ1) is 10.6. The number of aromatic nitrogens is 2. The SMILES string of the molecule is COC1(CC(N)Cc2ncc[nH]2)CCC1. The minimum Gasteiger partial charge on any atom is -0.378 e. The zero-order chi connectivity index (χ0) is 10.7. The molecule has 1 heterocycles. The number of hydrogen-bond donors (Lipinski definition) is 2. The number of methoxy groups -OCH3 is 1. The molecule has 3 N–H and O–H groups in total. The smallest absolute Gasteiger partial charge is 0.107 e. The van der Waals surface area contributed by atoms with E-state index in [2.05, 4.69) is 9.97 Å². The molecule has 0 saturated heterocycles. The van der Waals surface area contributed by atoms with Gasteiger partial charge >= 0.3 is 0 Å². The molecular formula is C11H19N3O. The Balaban J connectivity index is 1.84. The lowest BCUT2D eigenvalue weighted by molar-refractivity contribution is -0.0814. The fourth-order valence-electron chi connectivity index (χ4n) is 2.27. The molecule has 84 valence electrons. The van der Waals surface area contributed by atoms with E-state index in [4.69, 9.17) is 10.5 Å². The molecule has 4 nitrogen and oxygen atoms in total.